The van der Waals surface area contributed by atoms with E-state index in [9.17, 15) is 22.8 Å². The summed E-state index contributed by atoms with van der Waals surface area (Å²) in [6.07, 6.45) is -1.63. The number of rotatable bonds is 6. The van der Waals surface area contributed by atoms with E-state index in [2.05, 4.69) is 21.6 Å². The third kappa shape index (κ3) is 5.63. The standard InChI is InChI=1S/C20H18F3N3O3S/c1-11-10-25-8-7-15(11)18(27)26-12(2)30-17(16(24)19(28)29-3)13-5-4-6-14(9-13)20(21,22)23/h4-10H,2,24H2,1,3H3,(H,26,27)/b17-16-. The summed E-state index contributed by atoms with van der Waals surface area (Å²) in [4.78, 5) is 28.2. The van der Waals surface area contributed by atoms with E-state index in [4.69, 9.17) is 5.73 Å². The first-order chi connectivity index (χ1) is 14.0. The molecule has 0 atom stereocenters. The van der Waals surface area contributed by atoms with Crippen LogP contribution in [0.4, 0.5) is 13.2 Å². The maximum absolute atomic E-state index is 13.1. The predicted molar refractivity (Wildman–Crippen MR) is 108 cm³/mol. The molecule has 0 radical (unpaired) electrons. The van der Waals surface area contributed by atoms with Gasteiger partial charge in [0.2, 0.25) is 0 Å². The SMILES string of the molecule is C=C(NC(=O)c1ccncc1C)S/C(=C(\N)C(=O)OC)c1cccc(C(F)(F)F)c1. The van der Waals surface area contributed by atoms with Gasteiger partial charge in [0.05, 0.1) is 22.6 Å². The Morgan fingerprint density at radius 2 is 1.97 bits per heavy atom. The number of pyridine rings is 1. The number of methoxy groups -OCH3 is 1. The zero-order valence-corrected chi connectivity index (χ0v) is 16.9. The van der Waals surface area contributed by atoms with Crippen LogP contribution < -0.4 is 11.1 Å². The topological polar surface area (TPSA) is 94.3 Å². The van der Waals surface area contributed by atoms with Gasteiger partial charge in [0.25, 0.3) is 5.91 Å². The van der Waals surface area contributed by atoms with Crippen molar-refractivity contribution in [2.45, 2.75) is 13.1 Å². The molecule has 6 nitrogen and oxygen atoms in total. The van der Waals surface area contributed by atoms with E-state index in [-0.39, 0.29) is 15.5 Å². The highest BCUT2D eigenvalue weighted by Crippen LogP contribution is 2.37. The number of benzene rings is 1. The number of aryl methyl sites for hydroxylation is 1. The molecule has 0 aliphatic rings. The average Bonchev–Trinajstić information content (AvgIpc) is 2.70. The number of nitrogens with two attached hydrogens (primary N) is 1. The first kappa shape index (κ1) is 23.0. The Morgan fingerprint density at radius 1 is 1.27 bits per heavy atom. The lowest BCUT2D eigenvalue weighted by molar-refractivity contribution is -0.137. The summed E-state index contributed by atoms with van der Waals surface area (Å²) in [5.74, 6) is -1.42. The Morgan fingerprint density at radius 3 is 2.57 bits per heavy atom. The first-order valence-electron chi connectivity index (χ1n) is 8.39. The van der Waals surface area contributed by atoms with E-state index in [0.29, 0.717) is 11.1 Å². The van der Waals surface area contributed by atoms with Gasteiger partial charge >= 0.3 is 12.1 Å². The van der Waals surface area contributed by atoms with E-state index in [1.165, 1.54) is 30.6 Å². The molecule has 1 heterocycles. The van der Waals surface area contributed by atoms with Crippen molar-refractivity contribution in [3.63, 3.8) is 0 Å². The van der Waals surface area contributed by atoms with Gasteiger partial charge in [-0.2, -0.15) is 13.2 Å². The van der Waals surface area contributed by atoms with Crippen LogP contribution in [0, 0.1) is 6.92 Å². The quantitative estimate of drug-likeness (QED) is 0.527. The third-order valence-corrected chi connectivity index (χ3v) is 4.85. The second-order valence-electron chi connectivity index (χ2n) is 5.98. The van der Waals surface area contributed by atoms with Crippen molar-refractivity contribution < 1.29 is 27.5 Å². The van der Waals surface area contributed by atoms with Gasteiger partial charge in [-0.3, -0.25) is 9.78 Å². The minimum absolute atomic E-state index is 0.0215. The highest BCUT2D eigenvalue weighted by atomic mass is 32.2. The normalized spacial score (nSPS) is 12.0. The number of carbonyl (C=O) groups is 2. The van der Waals surface area contributed by atoms with E-state index in [0.717, 1.165) is 31.0 Å². The van der Waals surface area contributed by atoms with Gasteiger partial charge in [0, 0.05) is 18.0 Å². The Hall–Kier alpha value is -3.27. The number of aromatic nitrogens is 1. The van der Waals surface area contributed by atoms with Crippen LogP contribution in [-0.2, 0) is 15.7 Å². The number of thioether (sulfide) groups is 1. The number of carbonyl (C=O) groups excluding carboxylic acids is 2. The Bertz CT molecular complexity index is 1020. The average molecular weight is 437 g/mol. The lowest BCUT2D eigenvalue weighted by Crippen LogP contribution is -2.22. The molecule has 0 spiro atoms. The van der Waals surface area contributed by atoms with Crippen molar-refractivity contribution in [2.24, 2.45) is 5.73 Å². The van der Waals surface area contributed by atoms with E-state index < -0.39 is 29.3 Å². The number of hydrogen-bond donors (Lipinski definition) is 2. The van der Waals surface area contributed by atoms with Crippen molar-refractivity contribution in [1.82, 2.24) is 10.3 Å². The number of halogens is 3. The van der Waals surface area contributed by atoms with Gasteiger partial charge in [0.15, 0.2) is 0 Å². The number of hydrogen-bond acceptors (Lipinski definition) is 6. The number of esters is 1. The van der Waals surface area contributed by atoms with Gasteiger partial charge in [0.1, 0.15) is 5.70 Å². The molecule has 1 aromatic carbocycles. The minimum Gasteiger partial charge on any atom is -0.464 e. The lowest BCUT2D eigenvalue weighted by Gasteiger charge is -2.15. The van der Waals surface area contributed by atoms with E-state index in [1.807, 2.05) is 0 Å². The fourth-order valence-electron chi connectivity index (χ4n) is 2.38. The predicted octanol–water partition coefficient (Wildman–Crippen LogP) is 3.84. The molecule has 1 aromatic heterocycles. The fraction of sp³-hybridized carbons (Fsp3) is 0.150. The second-order valence-corrected chi connectivity index (χ2v) is 7.09. The summed E-state index contributed by atoms with van der Waals surface area (Å²) in [6, 6.07) is 5.79. The van der Waals surface area contributed by atoms with Crippen molar-refractivity contribution in [1.29, 1.82) is 0 Å². The van der Waals surface area contributed by atoms with Crippen molar-refractivity contribution >= 4 is 28.5 Å². The first-order valence-corrected chi connectivity index (χ1v) is 9.20. The second kappa shape index (κ2) is 9.49. The van der Waals surface area contributed by atoms with Crippen LogP contribution in [0.2, 0.25) is 0 Å². The largest absolute Gasteiger partial charge is 0.464 e. The Kier molecular flexibility index (Phi) is 7.28. The highest BCUT2D eigenvalue weighted by molar-refractivity contribution is 8.11. The maximum atomic E-state index is 13.1. The minimum atomic E-state index is -4.59. The summed E-state index contributed by atoms with van der Waals surface area (Å²) in [7, 11) is 1.09. The number of ether oxygens (including phenoxy) is 1. The van der Waals surface area contributed by atoms with Gasteiger partial charge in [-0.05, 0) is 36.2 Å². The van der Waals surface area contributed by atoms with E-state index in [1.54, 1.807) is 6.92 Å². The molecule has 0 aliphatic heterocycles. The Labute approximate surface area is 175 Å². The van der Waals surface area contributed by atoms with Crippen molar-refractivity contribution in [3.8, 4) is 0 Å². The van der Waals surface area contributed by atoms with E-state index >= 15 is 0 Å². The molecule has 0 bridgehead atoms. The summed E-state index contributed by atoms with van der Waals surface area (Å²) >= 11 is 0.742. The molecular weight excluding hydrogens is 419 g/mol. The molecule has 2 rings (SSSR count). The van der Waals surface area contributed by atoms with Crippen LogP contribution in [0.3, 0.4) is 0 Å². The summed E-state index contributed by atoms with van der Waals surface area (Å²) in [6.45, 7) is 5.40. The molecule has 1 amide bonds. The third-order valence-electron chi connectivity index (χ3n) is 3.85. The molecule has 10 heteroatoms. The van der Waals surface area contributed by atoms with Crippen molar-refractivity contribution in [2.75, 3.05) is 7.11 Å². The molecular formula is C20H18F3N3O3S. The number of nitrogens with one attached hydrogen (secondary N) is 1. The monoisotopic (exact) mass is 437 g/mol. The molecule has 158 valence electrons. The number of nitrogens with zero attached hydrogens (tertiary/aromatic N) is 1. The molecule has 3 N–H and O–H groups in total. The zero-order chi connectivity index (χ0) is 22.5. The van der Waals surface area contributed by atoms with Gasteiger partial charge < -0.3 is 15.8 Å². The van der Waals surface area contributed by atoms with Gasteiger partial charge in [-0.15, -0.1) is 0 Å². The molecule has 0 saturated heterocycles. The fourth-order valence-corrected chi connectivity index (χ4v) is 3.21. The van der Waals surface area contributed by atoms with Crippen LogP contribution in [-0.4, -0.2) is 24.0 Å². The van der Waals surface area contributed by atoms with Crippen molar-refractivity contribution in [3.05, 3.63) is 82.3 Å². The van der Waals surface area contributed by atoms with Crippen LogP contribution >= 0.6 is 11.8 Å². The highest BCUT2D eigenvalue weighted by Gasteiger charge is 2.31. The molecule has 30 heavy (non-hydrogen) atoms. The zero-order valence-electron chi connectivity index (χ0n) is 16.0. The van der Waals surface area contributed by atoms with Crippen LogP contribution in [0.15, 0.2) is 60.0 Å². The number of amides is 1. The van der Waals surface area contributed by atoms with Crippen LogP contribution in [0.25, 0.3) is 4.91 Å². The summed E-state index contributed by atoms with van der Waals surface area (Å²) in [5, 5.41) is 2.58. The summed E-state index contributed by atoms with van der Waals surface area (Å²) in [5.41, 5.74) is 5.47. The molecule has 2 aromatic rings. The molecule has 0 saturated carbocycles. The summed E-state index contributed by atoms with van der Waals surface area (Å²) < 4.78 is 43.9. The van der Waals surface area contributed by atoms with Crippen LogP contribution in [0.5, 0.6) is 0 Å². The van der Waals surface area contributed by atoms with Gasteiger partial charge in [-0.25, -0.2) is 4.79 Å². The van der Waals surface area contributed by atoms with Gasteiger partial charge in [-0.1, -0.05) is 30.5 Å². The molecule has 0 unspecified atom stereocenters. The smallest absolute Gasteiger partial charge is 0.416 e. The number of alkyl halides is 3. The maximum Gasteiger partial charge on any atom is 0.416 e. The molecule has 0 aliphatic carbocycles. The lowest BCUT2D eigenvalue weighted by atomic mass is 10.1. The molecule has 0 fully saturated rings. The van der Waals surface area contributed by atoms with Crippen LogP contribution in [0.1, 0.15) is 27.0 Å². The Balaban J connectivity index is 2.36.